The van der Waals surface area contributed by atoms with Crippen LogP contribution in [0.2, 0.25) is 5.02 Å². The highest BCUT2D eigenvalue weighted by Gasteiger charge is 2.34. The lowest BCUT2D eigenvalue weighted by Gasteiger charge is -2.20. The van der Waals surface area contributed by atoms with Gasteiger partial charge in [-0.2, -0.15) is 5.26 Å². The largest absolute Gasteiger partial charge is 0.341 e. The minimum absolute atomic E-state index is 0.0158. The first kappa shape index (κ1) is 19.0. The Balaban J connectivity index is 1.64. The second-order valence-corrected chi connectivity index (χ2v) is 6.94. The third-order valence-corrected chi connectivity index (χ3v) is 4.84. The van der Waals surface area contributed by atoms with E-state index >= 15 is 0 Å². The van der Waals surface area contributed by atoms with Crippen molar-refractivity contribution in [3.05, 3.63) is 29.3 Å². The SMILES string of the molecule is N#CNC(=NC1CCN(CC(=O)N2CCCC2)C1=O)Nc1cccc(Cl)c1. The minimum atomic E-state index is -0.626. The van der Waals surface area contributed by atoms with E-state index in [0.717, 1.165) is 25.9 Å². The van der Waals surface area contributed by atoms with Crippen molar-refractivity contribution in [1.29, 1.82) is 5.26 Å². The summed E-state index contributed by atoms with van der Waals surface area (Å²) in [7, 11) is 0. The van der Waals surface area contributed by atoms with E-state index in [1.165, 1.54) is 4.90 Å². The molecule has 0 bridgehead atoms. The van der Waals surface area contributed by atoms with Gasteiger partial charge in [0.15, 0.2) is 6.19 Å². The summed E-state index contributed by atoms with van der Waals surface area (Å²) in [6, 6.07) is 6.34. The number of carbonyl (C=O) groups is 2. The van der Waals surface area contributed by atoms with E-state index < -0.39 is 6.04 Å². The van der Waals surface area contributed by atoms with Crippen molar-refractivity contribution in [3.63, 3.8) is 0 Å². The molecule has 142 valence electrons. The normalized spacial score (nSPS) is 19.9. The maximum absolute atomic E-state index is 12.6. The monoisotopic (exact) mass is 388 g/mol. The van der Waals surface area contributed by atoms with E-state index in [2.05, 4.69) is 15.6 Å². The van der Waals surface area contributed by atoms with Crippen LogP contribution in [0.4, 0.5) is 5.69 Å². The summed E-state index contributed by atoms with van der Waals surface area (Å²) >= 11 is 5.96. The van der Waals surface area contributed by atoms with E-state index in [9.17, 15) is 9.59 Å². The summed E-state index contributed by atoms with van der Waals surface area (Å²) in [6.45, 7) is 2.10. The molecule has 8 nitrogen and oxygen atoms in total. The minimum Gasteiger partial charge on any atom is -0.341 e. The average molecular weight is 389 g/mol. The summed E-state index contributed by atoms with van der Waals surface area (Å²) in [5.41, 5.74) is 0.649. The number of anilines is 1. The van der Waals surface area contributed by atoms with Crippen molar-refractivity contribution >= 4 is 35.1 Å². The Morgan fingerprint density at radius 1 is 1.33 bits per heavy atom. The number of carbonyl (C=O) groups excluding carboxylic acids is 2. The van der Waals surface area contributed by atoms with Gasteiger partial charge in [0.2, 0.25) is 17.8 Å². The summed E-state index contributed by atoms with van der Waals surface area (Å²) in [5.74, 6) is -0.0450. The second kappa shape index (κ2) is 8.73. The van der Waals surface area contributed by atoms with Gasteiger partial charge in [-0.15, -0.1) is 0 Å². The lowest BCUT2D eigenvalue weighted by molar-refractivity contribution is -0.138. The second-order valence-electron chi connectivity index (χ2n) is 6.50. The molecule has 0 saturated carbocycles. The van der Waals surface area contributed by atoms with Gasteiger partial charge in [0, 0.05) is 30.3 Å². The number of aliphatic imine (C=N–C) groups is 1. The van der Waals surface area contributed by atoms with Crippen molar-refractivity contribution in [2.75, 3.05) is 31.5 Å². The van der Waals surface area contributed by atoms with Crippen molar-refractivity contribution < 1.29 is 9.59 Å². The molecular weight excluding hydrogens is 368 g/mol. The standard InChI is InChI=1S/C18H21ClN6O2/c19-13-4-3-5-14(10-13)22-18(21-12-20)23-15-6-9-25(17(15)27)11-16(26)24-7-1-2-8-24/h3-5,10,15H,1-2,6-9,11H2,(H2,21,22,23). The number of nitriles is 1. The zero-order chi connectivity index (χ0) is 19.2. The predicted molar refractivity (Wildman–Crippen MR) is 102 cm³/mol. The van der Waals surface area contributed by atoms with Gasteiger partial charge in [-0.1, -0.05) is 17.7 Å². The zero-order valence-electron chi connectivity index (χ0n) is 14.8. The number of guanidine groups is 1. The molecule has 2 amide bonds. The first-order valence-corrected chi connectivity index (χ1v) is 9.26. The van der Waals surface area contributed by atoms with Crippen LogP contribution in [0.3, 0.4) is 0 Å². The molecule has 9 heteroatoms. The number of likely N-dealkylation sites (tertiary alicyclic amines) is 2. The van der Waals surface area contributed by atoms with E-state index in [1.807, 2.05) is 6.19 Å². The number of halogens is 1. The first-order chi connectivity index (χ1) is 13.1. The third-order valence-electron chi connectivity index (χ3n) is 4.60. The molecule has 0 radical (unpaired) electrons. The lowest BCUT2D eigenvalue weighted by Crippen LogP contribution is -2.41. The Bertz CT molecular complexity index is 784. The molecule has 3 rings (SSSR count). The number of nitrogens with zero attached hydrogens (tertiary/aromatic N) is 4. The van der Waals surface area contributed by atoms with Gasteiger partial charge < -0.3 is 15.1 Å². The Morgan fingerprint density at radius 3 is 2.81 bits per heavy atom. The number of hydrogen-bond donors (Lipinski definition) is 2. The van der Waals surface area contributed by atoms with Gasteiger partial charge in [0.05, 0.1) is 6.54 Å². The molecular formula is C18H21ClN6O2. The molecule has 2 N–H and O–H groups in total. The fraction of sp³-hybridized carbons (Fsp3) is 0.444. The molecule has 2 heterocycles. The Labute approximate surface area is 162 Å². The van der Waals surface area contributed by atoms with Crippen molar-refractivity contribution in [3.8, 4) is 6.19 Å². The van der Waals surface area contributed by atoms with Crippen LogP contribution in [0.25, 0.3) is 0 Å². The maximum Gasteiger partial charge on any atom is 0.248 e. The number of hydrogen-bond acceptors (Lipinski definition) is 4. The van der Waals surface area contributed by atoms with Crippen molar-refractivity contribution in [2.45, 2.75) is 25.3 Å². The highest BCUT2D eigenvalue weighted by Crippen LogP contribution is 2.18. The number of amides is 2. The highest BCUT2D eigenvalue weighted by atomic mass is 35.5. The van der Waals surface area contributed by atoms with Gasteiger partial charge in [-0.3, -0.25) is 14.9 Å². The third kappa shape index (κ3) is 4.89. The van der Waals surface area contributed by atoms with Gasteiger partial charge in [0.25, 0.3) is 0 Å². The molecule has 1 atom stereocenters. The van der Waals surface area contributed by atoms with Crippen LogP contribution >= 0.6 is 11.6 Å². The van der Waals surface area contributed by atoms with Crippen LogP contribution in [-0.2, 0) is 9.59 Å². The molecule has 1 aromatic rings. The van der Waals surface area contributed by atoms with Gasteiger partial charge in [0.1, 0.15) is 6.04 Å². The van der Waals surface area contributed by atoms with Crippen LogP contribution in [0.5, 0.6) is 0 Å². The number of rotatable bonds is 4. The predicted octanol–water partition coefficient (Wildman–Crippen LogP) is 1.40. The topological polar surface area (TPSA) is 101 Å². The maximum atomic E-state index is 12.6. The summed E-state index contributed by atoms with van der Waals surface area (Å²) < 4.78 is 0. The molecule has 0 spiro atoms. The Morgan fingerprint density at radius 2 is 2.11 bits per heavy atom. The van der Waals surface area contributed by atoms with Crippen LogP contribution in [0.1, 0.15) is 19.3 Å². The molecule has 1 aromatic carbocycles. The van der Waals surface area contributed by atoms with Gasteiger partial charge in [-0.25, -0.2) is 4.99 Å². The summed E-state index contributed by atoms with van der Waals surface area (Å²) in [4.78, 5) is 32.5. The smallest absolute Gasteiger partial charge is 0.248 e. The molecule has 2 fully saturated rings. The van der Waals surface area contributed by atoms with E-state index in [1.54, 1.807) is 29.2 Å². The van der Waals surface area contributed by atoms with E-state index in [0.29, 0.717) is 23.7 Å². The quantitative estimate of drug-likeness (QED) is 0.351. The van der Waals surface area contributed by atoms with Crippen LogP contribution < -0.4 is 10.6 Å². The molecule has 1 unspecified atom stereocenters. The molecule has 2 aliphatic rings. The van der Waals surface area contributed by atoms with Crippen LogP contribution in [0.15, 0.2) is 29.3 Å². The van der Waals surface area contributed by atoms with E-state index in [4.69, 9.17) is 16.9 Å². The Hall–Kier alpha value is -2.79. The van der Waals surface area contributed by atoms with Gasteiger partial charge >= 0.3 is 0 Å². The number of nitrogens with one attached hydrogen (secondary N) is 2. The van der Waals surface area contributed by atoms with Crippen molar-refractivity contribution in [1.82, 2.24) is 15.1 Å². The highest BCUT2D eigenvalue weighted by molar-refractivity contribution is 6.30. The summed E-state index contributed by atoms with van der Waals surface area (Å²) in [5, 5.41) is 14.9. The lowest BCUT2D eigenvalue weighted by atomic mass is 10.3. The van der Waals surface area contributed by atoms with Gasteiger partial charge in [-0.05, 0) is 37.5 Å². The molecule has 2 saturated heterocycles. The first-order valence-electron chi connectivity index (χ1n) is 8.89. The molecule has 0 aliphatic carbocycles. The zero-order valence-corrected chi connectivity index (χ0v) is 15.6. The summed E-state index contributed by atoms with van der Waals surface area (Å²) in [6.07, 6.45) is 4.35. The van der Waals surface area contributed by atoms with Crippen molar-refractivity contribution in [2.24, 2.45) is 4.99 Å². The molecule has 27 heavy (non-hydrogen) atoms. The van der Waals surface area contributed by atoms with Crippen LogP contribution in [-0.4, -0.2) is 59.8 Å². The average Bonchev–Trinajstić information content (AvgIpc) is 3.28. The van der Waals surface area contributed by atoms with E-state index in [-0.39, 0.29) is 24.3 Å². The fourth-order valence-corrected chi connectivity index (χ4v) is 3.43. The Kier molecular flexibility index (Phi) is 6.14. The number of benzene rings is 1. The molecule has 2 aliphatic heterocycles. The van der Waals surface area contributed by atoms with Crippen LogP contribution in [0, 0.1) is 11.5 Å². The fourth-order valence-electron chi connectivity index (χ4n) is 3.24. The molecule has 0 aromatic heterocycles.